The molecule has 0 aliphatic rings. The van der Waals surface area contributed by atoms with E-state index in [2.05, 4.69) is 31.0 Å². The number of methoxy groups -OCH3 is 1. The van der Waals surface area contributed by atoms with Gasteiger partial charge in [0.2, 0.25) is 0 Å². The quantitative estimate of drug-likeness (QED) is 0.396. The number of ketones is 1. The number of carbonyl (C=O) groups excluding carboxylic acids is 1. The van der Waals surface area contributed by atoms with Crippen LogP contribution in [0, 0.1) is 22.7 Å². The van der Waals surface area contributed by atoms with Crippen LogP contribution in [-0.4, -0.2) is 23.6 Å². The molecule has 0 radical (unpaired) electrons. The van der Waals surface area contributed by atoms with Gasteiger partial charge in [-0.25, -0.2) is 4.98 Å². The van der Waals surface area contributed by atoms with Crippen molar-refractivity contribution in [3.05, 3.63) is 70.8 Å². The van der Waals surface area contributed by atoms with E-state index in [0.717, 1.165) is 17.3 Å². The first kappa shape index (κ1) is 22.9. The van der Waals surface area contributed by atoms with Crippen LogP contribution in [0.5, 0.6) is 5.75 Å². The summed E-state index contributed by atoms with van der Waals surface area (Å²) < 4.78 is 5.12. The van der Waals surface area contributed by atoms with Gasteiger partial charge >= 0.3 is 0 Å². The second-order valence-electron chi connectivity index (χ2n) is 7.37. The molecule has 0 unspecified atom stereocenters. The second-order valence-corrected chi connectivity index (χ2v) is 8.33. The third kappa shape index (κ3) is 4.74. The molecule has 1 heterocycles. The molecule has 32 heavy (non-hydrogen) atoms. The Kier molecular flexibility index (Phi) is 7.14. The number of hydrogen-bond acceptors (Lipinski definition) is 7. The van der Waals surface area contributed by atoms with E-state index in [1.54, 1.807) is 31.4 Å². The molecule has 0 atom stereocenters. The monoisotopic (exact) mass is 442 g/mol. The molecular formula is C25H22N4O2S. The fourth-order valence-corrected chi connectivity index (χ4v) is 4.11. The zero-order valence-corrected chi connectivity index (χ0v) is 18.9. The molecule has 0 fully saturated rings. The Balaban J connectivity index is 1.97. The van der Waals surface area contributed by atoms with Crippen LogP contribution >= 0.6 is 11.8 Å². The SMILES string of the molecule is COc1ccc(C(=O)CSc2nc(N)c(C#N)c(-c3ccc(C(C)C)cc3)c2C#N)cc1. The van der Waals surface area contributed by atoms with Crippen molar-refractivity contribution in [3.8, 4) is 29.0 Å². The predicted molar refractivity (Wildman–Crippen MR) is 126 cm³/mol. The van der Waals surface area contributed by atoms with Crippen LogP contribution in [-0.2, 0) is 0 Å². The first-order chi connectivity index (χ1) is 15.4. The summed E-state index contributed by atoms with van der Waals surface area (Å²) in [6.07, 6.45) is 0. The Morgan fingerprint density at radius 2 is 1.69 bits per heavy atom. The van der Waals surface area contributed by atoms with Crippen molar-refractivity contribution in [1.82, 2.24) is 4.98 Å². The zero-order valence-electron chi connectivity index (χ0n) is 18.0. The Labute approximate surface area is 191 Å². The van der Waals surface area contributed by atoms with Gasteiger partial charge in [-0.2, -0.15) is 10.5 Å². The lowest BCUT2D eigenvalue weighted by Gasteiger charge is -2.14. The summed E-state index contributed by atoms with van der Waals surface area (Å²) in [6.45, 7) is 4.19. The first-order valence-electron chi connectivity index (χ1n) is 9.93. The molecule has 3 rings (SSSR count). The molecule has 7 heteroatoms. The highest BCUT2D eigenvalue weighted by Gasteiger charge is 2.21. The Morgan fingerprint density at radius 1 is 1.06 bits per heavy atom. The van der Waals surface area contributed by atoms with E-state index >= 15 is 0 Å². The van der Waals surface area contributed by atoms with Crippen LogP contribution in [0.2, 0.25) is 0 Å². The van der Waals surface area contributed by atoms with Gasteiger partial charge in [0, 0.05) is 11.1 Å². The number of pyridine rings is 1. The molecule has 2 N–H and O–H groups in total. The molecule has 1 aromatic heterocycles. The number of aromatic nitrogens is 1. The summed E-state index contributed by atoms with van der Waals surface area (Å²) >= 11 is 1.13. The van der Waals surface area contributed by atoms with Crippen molar-refractivity contribution in [2.45, 2.75) is 24.8 Å². The fourth-order valence-electron chi connectivity index (χ4n) is 3.22. The number of benzene rings is 2. The Hall–Kier alpha value is -3.81. The highest BCUT2D eigenvalue weighted by atomic mass is 32.2. The lowest BCUT2D eigenvalue weighted by atomic mass is 9.94. The normalized spacial score (nSPS) is 10.4. The van der Waals surface area contributed by atoms with Crippen LogP contribution < -0.4 is 10.5 Å². The number of nitrogen functional groups attached to an aromatic ring is 1. The minimum atomic E-state index is -0.117. The summed E-state index contributed by atoms with van der Waals surface area (Å²) in [6, 6.07) is 18.8. The third-order valence-corrected chi connectivity index (χ3v) is 6.01. The summed E-state index contributed by atoms with van der Waals surface area (Å²) in [5.74, 6) is 1.01. The first-order valence-corrected chi connectivity index (χ1v) is 10.9. The molecule has 3 aromatic rings. The van der Waals surface area contributed by atoms with Gasteiger partial charge in [0.05, 0.1) is 18.4 Å². The molecule has 0 saturated heterocycles. The van der Waals surface area contributed by atoms with Crippen LogP contribution in [0.3, 0.4) is 0 Å². The van der Waals surface area contributed by atoms with Crippen LogP contribution in [0.15, 0.2) is 53.6 Å². The van der Waals surface area contributed by atoms with E-state index in [4.69, 9.17) is 10.5 Å². The molecule has 0 bridgehead atoms. The number of hydrogen-bond donors (Lipinski definition) is 1. The van der Waals surface area contributed by atoms with Gasteiger partial charge < -0.3 is 10.5 Å². The molecule has 0 saturated carbocycles. The number of thioether (sulfide) groups is 1. The average Bonchev–Trinajstić information content (AvgIpc) is 2.82. The molecule has 0 spiro atoms. The fraction of sp³-hybridized carbons (Fsp3) is 0.200. The Morgan fingerprint density at radius 3 is 2.22 bits per heavy atom. The highest BCUT2D eigenvalue weighted by Crippen LogP contribution is 2.36. The largest absolute Gasteiger partial charge is 0.497 e. The molecule has 0 amide bonds. The van der Waals surface area contributed by atoms with Crippen LogP contribution in [0.1, 0.15) is 46.8 Å². The van der Waals surface area contributed by atoms with Crippen molar-refractivity contribution in [3.63, 3.8) is 0 Å². The summed E-state index contributed by atoms with van der Waals surface area (Å²) in [4.78, 5) is 16.9. The number of rotatable bonds is 7. The predicted octanol–water partition coefficient (Wildman–Crippen LogP) is 5.18. The van der Waals surface area contributed by atoms with E-state index in [1.807, 2.05) is 24.3 Å². The number of Topliss-reactive ketones (excluding diaryl/α,β-unsaturated/α-hetero) is 1. The summed E-state index contributed by atoms with van der Waals surface area (Å²) in [7, 11) is 1.56. The average molecular weight is 443 g/mol. The lowest BCUT2D eigenvalue weighted by molar-refractivity contribution is 0.102. The third-order valence-electron chi connectivity index (χ3n) is 5.03. The van der Waals surface area contributed by atoms with Gasteiger partial charge in [0.15, 0.2) is 5.78 Å². The van der Waals surface area contributed by atoms with Gasteiger partial charge in [-0.1, -0.05) is 49.9 Å². The molecule has 6 nitrogen and oxygen atoms in total. The highest BCUT2D eigenvalue weighted by molar-refractivity contribution is 8.00. The maximum atomic E-state index is 12.6. The van der Waals surface area contributed by atoms with E-state index in [1.165, 1.54) is 0 Å². The second kappa shape index (κ2) is 10.00. The number of carbonyl (C=O) groups is 1. The van der Waals surface area contributed by atoms with Crippen molar-refractivity contribution < 1.29 is 9.53 Å². The topological polar surface area (TPSA) is 113 Å². The standard InChI is InChI=1S/C25H22N4O2S/c1-15(2)16-4-6-18(7-5-16)23-20(12-26)24(28)29-25(21(23)13-27)32-14-22(30)17-8-10-19(31-3)11-9-17/h4-11,15H,14H2,1-3H3,(H2,28,29). The van der Waals surface area contributed by atoms with E-state index in [9.17, 15) is 15.3 Å². The van der Waals surface area contributed by atoms with Crippen molar-refractivity contribution in [1.29, 1.82) is 10.5 Å². The maximum absolute atomic E-state index is 12.6. The number of nitriles is 2. The summed E-state index contributed by atoms with van der Waals surface area (Å²) in [5.41, 5.74) is 9.29. The van der Waals surface area contributed by atoms with Gasteiger partial charge in [-0.15, -0.1) is 0 Å². The van der Waals surface area contributed by atoms with E-state index in [0.29, 0.717) is 33.4 Å². The molecule has 160 valence electrons. The number of anilines is 1. The minimum absolute atomic E-state index is 0.0360. The Bertz CT molecular complexity index is 1220. The van der Waals surface area contributed by atoms with Crippen LogP contribution in [0.4, 0.5) is 5.82 Å². The van der Waals surface area contributed by atoms with Gasteiger partial charge in [-0.05, 0) is 41.3 Å². The lowest BCUT2D eigenvalue weighted by Crippen LogP contribution is -2.06. The molecular weight excluding hydrogens is 420 g/mol. The molecule has 0 aliphatic heterocycles. The van der Waals surface area contributed by atoms with Crippen molar-refractivity contribution in [2.75, 3.05) is 18.6 Å². The van der Waals surface area contributed by atoms with Gasteiger partial charge in [0.25, 0.3) is 0 Å². The van der Waals surface area contributed by atoms with Crippen molar-refractivity contribution >= 4 is 23.4 Å². The zero-order chi connectivity index (χ0) is 23.3. The smallest absolute Gasteiger partial charge is 0.173 e. The minimum Gasteiger partial charge on any atom is -0.497 e. The maximum Gasteiger partial charge on any atom is 0.173 e. The summed E-state index contributed by atoms with van der Waals surface area (Å²) in [5, 5.41) is 19.9. The van der Waals surface area contributed by atoms with E-state index < -0.39 is 0 Å². The van der Waals surface area contributed by atoms with Crippen molar-refractivity contribution in [2.24, 2.45) is 0 Å². The number of nitrogens with zero attached hydrogens (tertiary/aromatic N) is 3. The number of nitrogens with two attached hydrogens (primary N) is 1. The number of ether oxygens (including phenoxy) is 1. The van der Waals surface area contributed by atoms with E-state index in [-0.39, 0.29) is 28.5 Å². The van der Waals surface area contributed by atoms with Gasteiger partial charge in [-0.3, -0.25) is 4.79 Å². The molecule has 2 aromatic carbocycles. The molecule has 0 aliphatic carbocycles. The van der Waals surface area contributed by atoms with Gasteiger partial charge in [0.1, 0.15) is 34.3 Å². The van der Waals surface area contributed by atoms with Crippen LogP contribution in [0.25, 0.3) is 11.1 Å².